The van der Waals surface area contributed by atoms with E-state index in [2.05, 4.69) is 10.3 Å². The fraction of sp³-hybridized carbons (Fsp3) is 0.286. The van der Waals surface area contributed by atoms with E-state index in [4.69, 9.17) is 21.1 Å². The molecule has 11 heteroatoms. The van der Waals surface area contributed by atoms with Crippen LogP contribution in [0.3, 0.4) is 0 Å². The van der Waals surface area contributed by atoms with Crippen molar-refractivity contribution >= 4 is 34.1 Å². The third kappa shape index (κ3) is 5.13. The van der Waals surface area contributed by atoms with Crippen LogP contribution >= 0.6 is 11.6 Å². The quantitative estimate of drug-likeness (QED) is 0.550. The molecule has 0 bridgehead atoms. The molecular weight excluding hydrogens is 451 g/mol. The van der Waals surface area contributed by atoms with E-state index < -0.39 is 22.7 Å². The molecule has 170 valence electrons. The summed E-state index contributed by atoms with van der Waals surface area (Å²) in [5.74, 6) is 0.336. The van der Waals surface area contributed by atoms with E-state index in [0.29, 0.717) is 22.4 Å². The van der Waals surface area contributed by atoms with Gasteiger partial charge in [-0.05, 0) is 30.7 Å². The molecule has 2 aromatic carbocycles. The number of nitrogens with one attached hydrogen (secondary N) is 1. The molecule has 0 atom stereocenters. The first-order valence-corrected chi connectivity index (χ1v) is 9.79. The number of carbonyl (C=O) groups excluding carboxylic acids is 1. The van der Waals surface area contributed by atoms with Gasteiger partial charge < -0.3 is 14.8 Å². The Morgan fingerprint density at radius 3 is 2.50 bits per heavy atom. The van der Waals surface area contributed by atoms with Crippen molar-refractivity contribution < 1.29 is 27.4 Å². The first kappa shape index (κ1) is 23.4. The van der Waals surface area contributed by atoms with Gasteiger partial charge in [-0.15, -0.1) is 0 Å². The van der Waals surface area contributed by atoms with E-state index in [9.17, 15) is 22.8 Å². The Kier molecular flexibility index (Phi) is 6.93. The summed E-state index contributed by atoms with van der Waals surface area (Å²) < 4.78 is 50.6. The van der Waals surface area contributed by atoms with Crippen molar-refractivity contribution in [1.29, 1.82) is 0 Å². The first-order chi connectivity index (χ1) is 15.1. The number of carbonyl (C=O) groups is 1. The van der Waals surface area contributed by atoms with Crippen LogP contribution in [-0.2, 0) is 17.5 Å². The second-order valence-electron chi connectivity index (χ2n) is 6.81. The maximum atomic E-state index is 12.9. The van der Waals surface area contributed by atoms with Crippen molar-refractivity contribution in [2.45, 2.75) is 25.6 Å². The number of halogens is 4. The Balaban J connectivity index is 1.67. The highest BCUT2D eigenvalue weighted by molar-refractivity contribution is 6.31. The number of alkyl halides is 3. The van der Waals surface area contributed by atoms with Crippen LogP contribution in [0.25, 0.3) is 10.9 Å². The van der Waals surface area contributed by atoms with Gasteiger partial charge in [-0.1, -0.05) is 11.6 Å². The number of anilines is 1. The summed E-state index contributed by atoms with van der Waals surface area (Å²) in [5, 5.41) is 2.29. The number of ether oxygens (including phenoxy) is 2. The van der Waals surface area contributed by atoms with Crippen molar-refractivity contribution in [3.8, 4) is 11.5 Å². The molecule has 0 saturated carbocycles. The number of rotatable bonds is 7. The number of fused-ring (bicyclic) bond motifs is 1. The number of amides is 1. The number of aromatic nitrogens is 2. The molecule has 0 saturated heterocycles. The fourth-order valence-electron chi connectivity index (χ4n) is 3.10. The first-order valence-electron chi connectivity index (χ1n) is 9.42. The van der Waals surface area contributed by atoms with E-state index in [-0.39, 0.29) is 30.6 Å². The number of nitrogens with zero attached hydrogens (tertiary/aromatic N) is 2. The molecule has 1 amide bonds. The molecule has 32 heavy (non-hydrogen) atoms. The SMILES string of the molecule is COc1cc2ncn(CCCC(=O)Nc3ccc(Cl)c(C(F)(F)F)c3)c(=O)c2cc1OC. The van der Waals surface area contributed by atoms with Crippen molar-refractivity contribution in [2.75, 3.05) is 19.5 Å². The van der Waals surface area contributed by atoms with Crippen LogP contribution in [-0.4, -0.2) is 29.7 Å². The standard InChI is InChI=1S/C21H19ClF3N3O4/c1-31-17-9-13-16(10-18(17)32-2)26-11-28(20(13)30)7-3-4-19(29)27-12-5-6-15(22)14(8-12)21(23,24)25/h5-6,8-11H,3-4,7H2,1-2H3,(H,27,29). The van der Waals surface area contributed by atoms with Crippen LogP contribution in [0, 0.1) is 0 Å². The van der Waals surface area contributed by atoms with Crippen LogP contribution in [0.15, 0.2) is 41.5 Å². The van der Waals surface area contributed by atoms with E-state index in [0.717, 1.165) is 12.1 Å². The fourth-order valence-corrected chi connectivity index (χ4v) is 3.32. The van der Waals surface area contributed by atoms with Gasteiger partial charge in [0.25, 0.3) is 5.56 Å². The zero-order valence-electron chi connectivity index (χ0n) is 17.1. The highest BCUT2D eigenvalue weighted by atomic mass is 35.5. The Bertz CT molecular complexity index is 1210. The second-order valence-corrected chi connectivity index (χ2v) is 7.22. The number of methoxy groups -OCH3 is 2. The van der Waals surface area contributed by atoms with E-state index in [1.807, 2.05) is 0 Å². The summed E-state index contributed by atoms with van der Waals surface area (Å²) in [7, 11) is 2.93. The number of hydrogen-bond acceptors (Lipinski definition) is 5. The molecule has 0 unspecified atom stereocenters. The number of aryl methyl sites for hydroxylation is 1. The maximum Gasteiger partial charge on any atom is 0.417 e. The Morgan fingerprint density at radius 2 is 1.84 bits per heavy atom. The molecule has 7 nitrogen and oxygen atoms in total. The molecule has 1 N–H and O–H groups in total. The third-order valence-electron chi connectivity index (χ3n) is 4.69. The third-order valence-corrected chi connectivity index (χ3v) is 5.02. The predicted octanol–water partition coefficient (Wildman–Crippen LogP) is 4.50. The van der Waals surface area contributed by atoms with Gasteiger partial charge in [-0.25, -0.2) is 4.98 Å². The minimum absolute atomic E-state index is 0.0135. The van der Waals surface area contributed by atoms with Crippen molar-refractivity contribution in [3.05, 3.63) is 57.6 Å². The lowest BCUT2D eigenvalue weighted by molar-refractivity contribution is -0.137. The summed E-state index contributed by atoms with van der Waals surface area (Å²) in [6.07, 6.45) is -3.01. The van der Waals surface area contributed by atoms with Crippen LogP contribution in [0.4, 0.5) is 18.9 Å². The topological polar surface area (TPSA) is 82.5 Å². The average molecular weight is 470 g/mol. The predicted molar refractivity (Wildman–Crippen MR) is 113 cm³/mol. The Labute approximate surface area is 185 Å². The van der Waals surface area contributed by atoms with E-state index >= 15 is 0 Å². The maximum absolute atomic E-state index is 12.9. The van der Waals surface area contributed by atoms with Crippen LogP contribution in [0.1, 0.15) is 18.4 Å². The van der Waals surface area contributed by atoms with Gasteiger partial charge in [0.15, 0.2) is 11.5 Å². The van der Waals surface area contributed by atoms with Crippen molar-refractivity contribution in [2.24, 2.45) is 0 Å². The molecule has 0 aliphatic rings. The lowest BCUT2D eigenvalue weighted by Gasteiger charge is -2.12. The molecule has 3 rings (SSSR count). The van der Waals surface area contributed by atoms with Crippen LogP contribution < -0.4 is 20.3 Å². The summed E-state index contributed by atoms with van der Waals surface area (Å²) in [5.41, 5.74) is -0.927. The zero-order valence-corrected chi connectivity index (χ0v) is 17.9. The van der Waals surface area contributed by atoms with E-state index in [1.165, 1.54) is 37.2 Å². The Hall–Kier alpha value is -3.27. The molecule has 3 aromatic rings. The van der Waals surface area contributed by atoms with Crippen LogP contribution in [0.2, 0.25) is 5.02 Å². The van der Waals surface area contributed by atoms with Gasteiger partial charge >= 0.3 is 6.18 Å². The lowest BCUT2D eigenvalue weighted by Crippen LogP contribution is -2.22. The normalized spacial score (nSPS) is 11.4. The van der Waals surface area contributed by atoms with E-state index in [1.54, 1.807) is 6.07 Å². The number of benzene rings is 2. The lowest BCUT2D eigenvalue weighted by atomic mass is 10.2. The van der Waals surface area contributed by atoms with Crippen molar-refractivity contribution in [3.63, 3.8) is 0 Å². The summed E-state index contributed by atoms with van der Waals surface area (Å²) in [6, 6.07) is 6.26. The average Bonchev–Trinajstić information content (AvgIpc) is 2.75. The van der Waals surface area contributed by atoms with Crippen molar-refractivity contribution in [1.82, 2.24) is 9.55 Å². The second kappa shape index (κ2) is 9.47. The minimum atomic E-state index is -4.63. The molecule has 0 radical (unpaired) electrons. The molecule has 1 aromatic heterocycles. The van der Waals surface area contributed by atoms with Gasteiger partial charge in [0.1, 0.15) is 0 Å². The Morgan fingerprint density at radius 1 is 1.16 bits per heavy atom. The molecule has 0 spiro atoms. The molecule has 1 heterocycles. The van der Waals surface area contributed by atoms with Gasteiger partial charge in [-0.2, -0.15) is 13.2 Å². The summed E-state index contributed by atoms with van der Waals surface area (Å²) in [6.45, 7) is 0.192. The molecular formula is C21H19ClF3N3O4. The molecule has 0 aliphatic carbocycles. The van der Waals surface area contributed by atoms with Gasteiger partial charge in [0, 0.05) is 24.7 Å². The molecule has 0 aliphatic heterocycles. The number of hydrogen-bond donors (Lipinski definition) is 1. The summed E-state index contributed by atoms with van der Waals surface area (Å²) >= 11 is 5.58. The van der Waals surface area contributed by atoms with Gasteiger partial charge in [-0.3, -0.25) is 14.2 Å². The highest BCUT2D eigenvalue weighted by Crippen LogP contribution is 2.36. The van der Waals surface area contributed by atoms with Gasteiger partial charge in [0.2, 0.25) is 5.91 Å². The molecule has 0 fully saturated rings. The monoisotopic (exact) mass is 469 g/mol. The van der Waals surface area contributed by atoms with Gasteiger partial charge in [0.05, 0.1) is 42.0 Å². The summed E-state index contributed by atoms with van der Waals surface area (Å²) in [4.78, 5) is 29.1. The van der Waals surface area contributed by atoms with Crippen LogP contribution in [0.5, 0.6) is 11.5 Å². The zero-order chi connectivity index (χ0) is 23.5. The largest absolute Gasteiger partial charge is 0.493 e. The smallest absolute Gasteiger partial charge is 0.417 e. The minimum Gasteiger partial charge on any atom is -0.493 e. The highest BCUT2D eigenvalue weighted by Gasteiger charge is 2.33.